The van der Waals surface area contributed by atoms with Crippen LogP contribution < -0.4 is 5.32 Å². The van der Waals surface area contributed by atoms with Gasteiger partial charge in [-0.1, -0.05) is 28.1 Å². The zero-order valence-electron chi connectivity index (χ0n) is 13.2. The van der Waals surface area contributed by atoms with Gasteiger partial charge in [-0.25, -0.2) is 4.98 Å². The summed E-state index contributed by atoms with van der Waals surface area (Å²) in [4.78, 5) is 7.46. The summed E-state index contributed by atoms with van der Waals surface area (Å²) in [5.74, 6) is 0. The molecule has 3 nitrogen and oxygen atoms in total. The number of benzene rings is 1. The molecule has 0 spiro atoms. The highest BCUT2D eigenvalue weighted by atomic mass is 79.9. The first-order chi connectivity index (χ1) is 11.3. The number of halogens is 1. The van der Waals surface area contributed by atoms with E-state index in [4.69, 9.17) is 4.98 Å². The molecule has 0 atom stereocenters. The molecule has 1 N–H and O–H groups in total. The van der Waals surface area contributed by atoms with E-state index in [1.807, 2.05) is 6.07 Å². The maximum atomic E-state index is 4.78. The molecule has 1 saturated carbocycles. The van der Waals surface area contributed by atoms with Crippen LogP contribution in [0.3, 0.4) is 0 Å². The van der Waals surface area contributed by atoms with Crippen LogP contribution >= 0.6 is 27.3 Å². The van der Waals surface area contributed by atoms with Crippen molar-refractivity contribution in [3.05, 3.63) is 39.8 Å². The first-order valence-electron chi connectivity index (χ1n) is 8.46. The van der Waals surface area contributed by atoms with Crippen LogP contribution in [-0.4, -0.2) is 35.1 Å². The molecule has 0 amide bonds. The first kappa shape index (κ1) is 15.8. The molecule has 4 rings (SSSR count). The Morgan fingerprint density at radius 3 is 2.78 bits per heavy atom. The second-order valence-corrected chi connectivity index (χ2v) is 8.35. The van der Waals surface area contributed by atoms with E-state index in [2.05, 4.69) is 49.7 Å². The van der Waals surface area contributed by atoms with E-state index >= 15 is 0 Å². The molecule has 1 aromatic carbocycles. The van der Waals surface area contributed by atoms with Crippen LogP contribution in [0.15, 0.2) is 34.1 Å². The minimum Gasteiger partial charge on any atom is -0.308 e. The first-order valence-corrected chi connectivity index (χ1v) is 10.1. The van der Waals surface area contributed by atoms with Crippen molar-refractivity contribution in [1.82, 2.24) is 15.2 Å². The van der Waals surface area contributed by atoms with Crippen LogP contribution in [0.25, 0.3) is 10.6 Å². The van der Waals surface area contributed by atoms with Gasteiger partial charge < -0.3 is 10.2 Å². The second kappa shape index (κ2) is 7.01. The van der Waals surface area contributed by atoms with Gasteiger partial charge in [-0.3, -0.25) is 0 Å². The molecule has 23 heavy (non-hydrogen) atoms. The molecule has 122 valence electrons. The third-order valence-corrected chi connectivity index (χ3v) is 6.22. The number of nitrogens with one attached hydrogen (secondary N) is 1. The number of piperidine rings is 1. The minimum atomic E-state index is 0.654. The summed E-state index contributed by atoms with van der Waals surface area (Å²) in [6.45, 7) is 3.42. The van der Waals surface area contributed by atoms with E-state index in [9.17, 15) is 0 Å². The van der Waals surface area contributed by atoms with Gasteiger partial charge in [0.25, 0.3) is 0 Å². The zero-order chi connectivity index (χ0) is 15.6. The molecular weight excluding hydrogens is 370 g/mol. The normalized spacial score (nSPS) is 20.0. The largest absolute Gasteiger partial charge is 0.308 e. The molecule has 0 bridgehead atoms. The number of thiazole rings is 1. The number of hydrogen-bond acceptors (Lipinski definition) is 4. The zero-order valence-corrected chi connectivity index (χ0v) is 15.6. The molecule has 2 fully saturated rings. The van der Waals surface area contributed by atoms with Gasteiger partial charge in [-0.05, 0) is 50.9 Å². The summed E-state index contributed by atoms with van der Waals surface area (Å²) >= 11 is 5.26. The third kappa shape index (κ3) is 4.02. The Labute approximate surface area is 150 Å². The van der Waals surface area contributed by atoms with Crippen LogP contribution in [-0.2, 0) is 6.54 Å². The lowest BCUT2D eigenvalue weighted by Gasteiger charge is -2.32. The fraction of sp³-hybridized carbons (Fsp3) is 0.500. The highest BCUT2D eigenvalue weighted by Crippen LogP contribution is 2.29. The van der Waals surface area contributed by atoms with Gasteiger partial charge in [-0.15, -0.1) is 11.3 Å². The fourth-order valence-corrected chi connectivity index (χ4v) is 4.52. The lowest BCUT2D eigenvalue weighted by Crippen LogP contribution is -2.43. The summed E-state index contributed by atoms with van der Waals surface area (Å²) in [5, 5.41) is 6.99. The molecule has 0 radical (unpaired) electrons. The molecule has 1 aliphatic heterocycles. The van der Waals surface area contributed by atoms with Crippen molar-refractivity contribution in [1.29, 1.82) is 0 Å². The Kier molecular flexibility index (Phi) is 4.80. The Morgan fingerprint density at radius 2 is 2.04 bits per heavy atom. The molecular formula is C18H22BrN3S. The van der Waals surface area contributed by atoms with Crippen LogP contribution in [0.4, 0.5) is 0 Å². The van der Waals surface area contributed by atoms with Crippen LogP contribution in [0.1, 0.15) is 31.4 Å². The van der Waals surface area contributed by atoms with Gasteiger partial charge in [0, 0.05) is 34.0 Å². The summed E-state index contributed by atoms with van der Waals surface area (Å²) < 4.78 is 1.10. The number of likely N-dealkylation sites (tertiary alicyclic amines) is 1. The molecule has 2 heterocycles. The van der Waals surface area contributed by atoms with E-state index in [0.717, 1.165) is 27.8 Å². The second-order valence-electron chi connectivity index (χ2n) is 6.58. The molecule has 1 aromatic heterocycles. The fourth-order valence-electron chi connectivity index (χ4n) is 3.30. The minimum absolute atomic E-state index is 0.654. The van der Waals surface area contributed by atoms with E-state index in [1.165, 1.54) is 44.3 Å². The quantitative estimate of drug-likeness (QED) is 0.823. The number of rotatable bonds is 5. The van der Waals surface area contributed by atoms with Crippen molar-refractivity contribution in [3.63, 3.8) is 0 Å². The summed E-state index contributed by atoms with van der Waals surface area (Å²) in [5.41, 5.74) is 2.35. The Morgan fingerprint density at radius 1 is 1.22 bits per heavy atom. The number of nitrogens with zero attached hydrogens (tertiary/aromatic N) is 2. The van der Waals surface area contributed by atoms with Gasteiger partial charge in [0.05, 0.1) is 5.69 Å². The van der Waals surface area contributed by atoms with Crippen molar-refractivity contribution >= 4 is 27.3 Å². The average Bonchev–Trinajstić information content (AvgIpc) is 3.31. The molecule has 1 saturated heterocycles. The van der Waals surface area contributed by atoms with Gasteiger partial charge in [0.1, 0.15) is 5.01 Å². The van der Waals surface area contributed by atoms with E-state index in [1.54, 1.807) is 11.3 Å². The van der Waals surface area contributed by atoms with Crippen LogP contribution in [0.5, 0.6) is 0 Å². The van der Waals surface area contributed by atoms with Crippen molar-refractivity contribution in [2.24, 2.45) is 0 Å². The molecule has 5 heteroatoms. The topological polar surface area (TPSA) is 28.2 Å². The maximum absolute atomic E-state index is 4.78. The maximum Gasteiger partial charge on any atom is 0.123 e. The molecule has 2 aromatic rings. The molecule has 1 aliphatic carbocycles. The smallest absolute Gasteiger partial charge is 0.123 e. The summed E-state index contributed by atoms with van der Waals surface area (Å²) in [6.07, 6.45) is 5.41. The van der Waals surface area contributed by atoms with E-state index in [-0.39, 0.29) is 0 Å². The Bertz CT molecular complexity index is 660. The Balaban J connectivity index is 1.30. The van der Waals surface area contributed by atoms with Crippen molar-refractivity contribution < 1.29 is 0 Å². The molecule has 0 unspecified atom stereocenters. The predicted molar refractivity (Wildman–Crippen MR) is 99.7 cm³/mol. The highest BCUT2D eigenvalue weighted by Gasteiger charge is 2.31. The average molecular weight is 392 g/mol. The van der Waals surface area contributed by atoms with Gasteiger partial charge in [-0.2, -0.15) is 0 Å². The number of aromatic nitrogens is 1. The van der Waals surface area contributed by atoms with Crippen molar-refractivity contribution in [2.45, 2.75) is 44.3 Å². The van der Waals surface area contributed by atoms with E-state index < -0.39 is 0 Å². The van der Waals surface area contributed by atoms with Crippen LogP contribution in [0.2, 0.25) is 0 Å². The monoisotopic (exact) mass is 391 g/mol. The lowest BCUT2D eigenvalue weighted by molar-refractivity contribution is 0.189. The van der Waals surface area contributed by atoms with Gasteiger partial charge in [0.2, 0.25) is 0 Å². The standard InChI is InChI=1S/C18H22BrN3S/c19-14-3-1-2-13(10-14)18-21-16(12-23-18)11-20-15-6-8-22(9-7-15)17-4-5-17/h1-3,10,12,15,17,20H,4-9,11H2. The Hall–Kier alpha value is -0.750. The summed E-state index contributed by atoms with van der Waals surface area (Å²) in [6, 6.07) is 9.93. The number of hydrogen-bond donors (Lipinski definition) is 1. The third-order valence-electron chi connectivity index (χ3n) is 4.79. The van der Waals surface area contributed by atoms with Gasteiger partial charge >= 0.3 is 0 Å². The molecule has 2 aliphatic rings. The summed E-state index contributed by atoms with van der Waals surface area (Å²) in [7, 11) is 0. The van der Waals surface area contributed by atoms with E-state index in [0.29, 0.717) is 6.04 Å². The lowest BCUT2D eigenvalue weighted by atomic mass is 10.0. The predicted octanol–water partition coefficient (Wildman–Crippen LogP) is 4.29. The van der Waals surface area contributed by atoms with Gasteiger partial charge in [0.15, 0.2) is 0 Å². The van der Waals surface area contributed by atoms with Crippen molar-refractivity contribution in [3.8, 4) is 10.6 Å². The van der Waals surface area contributed by atoms with Crippen LogP contribution in [0, 0.1) is 0 Å². The van der Waals surface area contributed by atoms with Crippen molar-refractivity contribution in [2.75, 3.05) is 13.1 Å². The SMILES string of the molecule is Brc1cccc(-c2nc(CNC3CCN(C4CC4)CC3)cs2)c1. The highest BCUT2D eigenvalue weighted by molar-refractivity contribution is 9.10.